The van der Waals surface area contributed by atoms with Gasteiger partial charge in [-0.1, -0.05) is 24.3 Å². The molecule has 0 fully saturated rings. The van der Waals surface area contributed by atoms with Crippen LogP contribution in [0.25, 0.3) is 0 Å². The van der Waals surface area contributed by atoms with Crippen LogP contribution in [0.4, 0.5) is 0 Å². The lowest BCUT2D eigenvalue weighted by atomic mass is 10.1. The number of aromatic hydroxyl groups is 2. The lowest BCUT2D eigenvalue weighted by Gasteiger charge is -2.18. The fourth-order valence-electron chi connectivity index (χ4n) is 2.67. The molecule has 0 saturated carbocycles. The highest BCUT2D eigenvalue weighted by molar-refractivity contribution is 5.97. The molecule has 4 N–H and O–H groups in total. The number of rotatable bonds is 2. The Bertz CT molecular complexity index is 698. The molecule has 0 unspecified atom stereocenters. The molecule has 0 aliphatic heterocycles. The summed E-state index contributed by atoms with van der Waals surface area (Å²) < 4.78 is 0. The number of nitrogens with one attached hydrogen (secondary N) is 1. The second-order valence-electron chi connectivity index (χ2n) is 5.12. The number of carbonyl (C=O) groups excluding carboxylic acids is 1. The van der Waals surface area contributed by atoms with Gasteiger partial charge in [-0.3, -0.25) is 4.79 Å². The lowest BCUT2D eigenvalue weighted by Crippen LogP contribution is -2.33. The van der Waals surface area contributed by atoms with Gasteiger partial charge in [0.25, 0.3) is 5.91 Å². The first kappa shape index (κ1) is 13.5. The smallest absolute Gasteiger partial charge is 0.255 e. The van der Waals surface area contributed by atoms with Crippen molar-refractivity contribution in [3.8, 4) is 11.5 Å². The van der Waals surface area contributed by atoms with E-state index in [1.807, 2.05) is 24.3 Å². The molecule has 2 aromatic carbocycles. The molecule has 5 nitrogen and oxygen atoms in total. The predicted octanol–water partition coefficient (Wildman–Crippen LogP) is 1.49. The minimum absolute atomic E-state index is 0.0217. The van der Waals surface area contributed by atoms with Crippen molar-refractivity contribution in [2.24, 2.45) is 0 Å². The average Bonchev–Trinajstić information content (AvgIpc) is 2.78. The zero-order chi connectivity index (χ0) is 15.0. The Morgan fingerprint density at radius 2 is 1.90 bits per heavy atom. The highest BCUT2D eigenvalue weighted by atomic mass is 16.3. The number of amides is 1. The van der Waals surface area contributed by atoms with E-state index in [0.717, 1.165) is 11.1 Å². The predicted molar refractivity (Wildman–Crippen MR) is 76.1 cm³/mol. The maximum absolute atomic E-state index is 12.2. The number of benzene rings is 2. The van der Waals surface area contributed by atoms with E-state index in [1.54, 1.807) is 0 Å². The summed E-state index contributed by atoms with van der Waals surface area (Å²) in [6.07, 6.45) is -0.224. The van der Waals surface area contributed by atoms with E-state index >= 15 is 0 Å². The Hall–Kier alpha value is -2.53. The van der Waals surface area contributed by atoms with Crippen molar-refractivity contribution in [3.63, 3.8) is 0 Å². The first-order chi connectivity index (χ1) is 10.1. The second kappa shape index (κ2) is 5.10. The van der Waals surface area contributed by atoms with Crippen LogP contribution in [-0.2, 0) is 6.42 Å². The van der Waals surface area contributed by atoms with Crippen molar-refractivity contribution in [1.82, 2.24) is 5.32 Å². The number of hydrogen-bond acceptors (Lipinski definition) is 4. The van der Waals surface area contributed by atoms with Crippen LogP contribution in [0.5, 0.6) is 11.5 Å². The fourth-order valence-corrected chi connectivity index (χ4v) is 2.67. The summed E-state index contributed by atoms with van der Waals surface area (Å²) in [5, 5.41) is 31.9. The lowest BCUT2D eigenvalue weighted by molar-refractivity contribution is 0.0855. The molecule has 0 bridgehead atoms. The summed E-state index contributed by atoms with van der Waals surface area (Å²) in [5.41, 5.74) is 1.85. The molecule has 2 aromatic rings. The molecule has 0 saturated heterocycles. The van der Waals surface area contributed by atoms with Crippen LogP contribution in [-0.4, -0.2) is 27.3 Å². The molecule has 0 radical (unpaired) electrons. The highest BCUT2D eigenvalue weighted by Crippen LogP contribution is 2.32. The van der Waals surface area contributed by atoms with Gasteiger partial charge < -0.3 is 20.6 Å². The largest absolute Gasteiger partial charge is 0.508 e. The topological polar surface area (TPSA) is 89.8 Å². The highest BCUT2D eigenvalue weighted by Gasteiger charge is 2.32. The first-order valence-electron chi connectivity index (χ1n) is 6.65. The third-order valence-corrected chi connectivity index (χ3v) is 3.72. The van der Waals surface area contributed by atoms with Crippen LogP contribution < -0.4 is 5.32 Å². The van der Waals surface area contributed by atoms with Gasteiger partial charge in [0, 0.05) is 6.42 Å². The van der Waals surface area contributed by atoms with Gasteiger partial charge in [-0.25, -0.2) is 0 Å². The zero-order valence-corrected chi connectivity index (χ0v) is 11.2. The number of hydrogen-bond donors (Lipinski definition) is 4. The van der Waals surface area contributed by atoms with E-state index < -0.39 is 18.1 Å². The number of fused-ring (bicyclic) bond motifs is 1. The minimum atomic E-state index is -0.703. The van der Waals surface area contributed by atoms with Gasteiger partial charge in [-0.05, 0) is 29.3 Å². The average molecular weight is 285 g/mol. The normalized spacial score (nSPS) is 20.0. The maximum atomic E-state index is 12.2. The Labute approximate surface area is 121 Å². The number of phenols is 2. The van der Waals surface area contributed by atoms with Crippen LogP contribution in [0, 0.1) is 0 Å². The van der Waals surface area contributed by atoms with E-state index in [9.17, 15) is 20.1 Å². The summed E-state index contributed by atoms with van der Waals surface area (Å²) in [4.78, 5) is 12.2. The van der Waals surface area contributed by atoms with Gasteiger partial charge >= 0.3 is 0 Å². The van der Waals surface area contributed by atoms with Crippen molar-refractivity contribution in [3.05, 3.63) is 59.2 Å². The Morgan fingerprint density at radius 3 is 2.71 bits per heavy atom. The molecule has 0 aromatic heterocycles. The van der Waals surface area contributed by atoms with Crippen LogP contribution in [0.3, 0.4) is 0 Å². The van der Waals surface area contributed by atoms with Crippen molar-refractivity contribution in [1.29, 1.82) is 0 Å². The van der Waals surface area contributed by atoms with Gasteiger partial charge in [0.05, 0.1) is 17.7 Å². The molecule has 0 spiro atoms. The van der Waals surface area contributed by atoms with Crippen LogP contribution in [0.15, 0.2) is 42.5 Å². The Kier molecular flexibility index (Phi) is 3.27. The standard InChI is InChI=1S/C16H15NO4/c18-10-5-6-13(19)12(8-10)16(21)17-15-11-4-2-1-3-9(11)7-14(15)20/h1-6,8,14-15,18-20H,7H2,(H,17,21)/t14-,15+/m1/s1. The summed E-state index contributed by atoms with van der Waals surface area (Å²) in [7, 11) is 0. The molecule has 21 heavy (non-hydrogen) atoms. The minimum Gasteiger partial charge on any atom is -0.508 e. The summed E-state index contributed by atoms with van der Waals surface area (Å²) in [6.45, 7) is 0. The number of phenolic OH excluding ortho intramolecular Hbond substituents is 2. The summed E-state index contributed by atoms with van der Waals surface area (Å²) in [6, 6.07) is 10.7. The van der Waals surface area contributed by atoms with Crippen LogP contribution in [0.1, 0.15) is 27.5 Å². The quantitative estimate of drug-likeness (QED) is 0.629. The molecule has 1 amide bonds. The van der Waals surface area contributed by atoms with E-state index in [-0.39, 0.29) is 17.1 Å². The van der Waals surface area contributed by atoms with E-state index in [4.69, 9.17) is 0 Å². The SMILES string of the molecule is O=C(N[C@H]1c2ccccc2C[C@H]1O)c1cc(O)ccc1O. The molecule has 5 heteroatoms. The second-order valence-corrected chi connectivity index (χ2v) is 5.12. The molecule has 1 aliphatic carbocycles. The molecule has 1 aliphatic rings. The third kappa shape index (κ3) is 2.43. The fraction of sp³-hybridized carbons (Fsp3) is 0.188. The molecule has 3 rings (SSSR count). The monoisotopic (exact) mass is 285 g/mol. The molecule has 108 valence electrons. The van der Waals surface area contributed by atoms with Gasteiger partial charge in [-0.15, -0.1) is 0 Å². The maximum Gasteiger partial charge on any atom is 0.255 e. The van der Waals surface area contributed by atoms with E-state index in [0.29, 0.717) is 6.42 Å². The number of aliphatic hydroxyl groups is 1. The molecule has 0 heterocycles. The first-order valence-corrected chi connectivity index (χ1v) is 6.65. The van der Waals surface area contributed by atoms with Crippen LogP contribution >= 0.6 is 0 Å². The number of aliphatic hydroxyl groups excluding tert-OH is 1. The van der Waals surface area contributed by atoms with Gasteiger partial charge in [0.1, 0.15) is 11.5 Å². The molecular weight excluding hydrogens is 270 g/mol. The van der Waals surface area contributed by atoms with E-state index in [2.05, 4.69) is 5.32 Å². The zero-order valence-electron chi connectivity index (χ0n) is 11.2. The summed E-state index contributed by atoms with van der Waals surface area (Å²) >= 11 is 0. The van der Waals surface area contributed by atoms with Crippen molar-refractivity contribution >= 4 is 5.91 Å². The van der Waals surface area contributed by atoms with Crippen LogP contribution in [0.2, 0.25) is 0 Å². The molecule has 2 atom stereocenters. The van der Waals surface area contributed by atoms with Gasteiger partial charge in [-0.2, -0.15) is 0 Å². The van der Waals surface area contributed by atoms with Gasteiger partial charge in [0.2, 0.25) is 0 Å². The van der Waals surface area contributed by atoms with Crippen molar-refractivity contribution in [2.75, 3.05) is 0 Å². The molecular formula is C16H15NO4. The summed E-state index contributed by atoms with van der Waals surface area (Å²) in [5.74, 6) is -0.861. The Balaban J connectivity index is 1.87. The third-order valence-electron chi connectivity index (χ3n) is 3.72. The van der Waals surface area contributed by atoms with E-state index in [1.165, 1.54) is 18.2 Å². The van der Waals surface area contributed by atoms with Crippen molar-refractivity contribution < 1.29 is 20.1 Å². The Morgan fingerprint density at radius 1 is 1.14 bits per heavy atom. The van der Waals surface area contributed by atoms with Gasteiger partial charge in [0.15, 0.2) is 0 Å². The number of carbonyl (C=O) groups is 1. The van der Waals surface area contributed by atoms with Crippen molar-refractivity contribution in [2.45, 2.75) is 18.6 Å².